The zero-order valence-electron chi connectivity index (χ0n) is 16.6. The summed E-state index contributed by atoms with van der Waals surface area (Å²) in [5.74, 6) is 0.988. The molecule has 0 spiro atoms. The van der Waals surface area contributed by atoms with Gasteiger partial charge in [-0.2, -0.15) is 0 Å². The number of fused-ring (bicyclic) bond motifs is 1. The number of amides is 1. The van der Waals surface area contributed by atoms with Crippen LogP contribution in [0.15, 0.2) is 48.5 Å². The first-order valence-electron chi connectivity index (χ1n) is 9.09. The Bertz CT molecular complexity index is 1190. The minimum atomic E-state index is -0.221. The van der Waals surface area contributed by atoms with Crippen LogP contribution in [-0.4, -0.2) is 29.7 Å². The van der Waals surface area contributed by atoms with E-state index in [1.54, 1.807) is 49.8 Å². The number of carbonyl (C=O) groups excluding carboxylic acids is 1. The summed E-state index contributed by atoms with van der Waals surface area (Å²) in [5.41, 5.74) is 4.24. The number of hydrogen-bond acceptors (Lipinski definition) is 5. The molecular weight excluding hydrogens is 386 g/mol. The molecule has 4 aromatic rings. The van der Waals surface area contributed by atoms with Crippen LogP contribution in [0.4, 0.5) is 5.69 Å². The summed E-state index contributed by atoms with van der Waals surface area (Å²) in [6, 6.07) is 14.9. The summed E-state index contributed by atoms with van der Waals surface area (Å²) in [4.78, 5) is 17.6. The average Bonchev–Trinajstić information content (AvgIpc) is 3.29. The number of rotatable bonds is 5. The van der Waals surface area contributed by atoms with Gasteiger partial charge < -0.3 is 14.8 Å². The first-order chi connectivity index (χ1) is 14.0. The van der Waals surface area contributed by atoms with E-state index in [1.807, 2.05) is 12.1 Å². The van der Waals surface area contributed by atoms with E-state index in [0.717, 1.165) is 26.7 Å². The Morgan fingerprint density at radius 3 is 2.45 bits per heavy atom. The topological polar surface area (TPSA) is 65.4 Å². The first-order valence-corrected chi connectivity index (χ1v) is 9.91. The molecule has 0 atom stereocenters. The molecule has 0 aliphatic carbocycles. The Labute approximate surface area is 172 Å². The van der Waals surface area contributed by atoms with Crippen molar-refractivity contribution >= 4 is 33.1 Å². The molecule has 0 aliphatic heterocycles. The molecule has 0 unspecified atom stereocenters. The summed E-state index contributed by atoms with van der Waals surface area (Å²) in [5, 5.41) is 3.80. The SMILES string of the molecule is COc1ccc(OC)c(NC(=O)c2ccc3nc(-n4c(C)ccc4C)sc3c2)c1. The quantitative estimate of drug-likeness (QED) is 0.507. The van der Waals surface area contributed by atoms with E-state index in [4.69, 9.17) is 14.5 Å². The smallest absolute Gasteiger partial charge is 0.255 e. The molecule has 4 rings (SSSR count). The van der Waals surface area contributed by atoms with Crippen molar-refractivity contribution in [3.8, 4) is 16.6 Å². The third kappa shape index (κ3) is 3.56. The van der Waals surface area contributed by atoms with Crippen molar-refractivity contribution in [3.63, 3.8) is 0 Å². The highest BCUT2D eigenvalue weighted by Crippen LogP contribution is 2.31. The van der Waals surface area contributed by atoms with Crippen LogP contribution in [0.1, 0.15) is 21.7 Å². The summed E-state index contributed by atoms with van der Waals surface area (Å²) >= 11 is 1.56. The Kier molecular flexibility index (Phi) is 4.98. The second-order valence-electron chi connectivity index (χ2n) is 6.65. The van der Waals surface area contributed by atoms with Crippen LogP contribution in [0.2, 0.25) is 0 Å². The molecule has 1 amide bonds. The maximum Gasteiger partial charge on any atom is 0.255 e. The number of thiazole rings is 1. The molecule has 0 radical (unpaired) electrons. The number of anilines is 1. The van der Waals surface area contributed by atoms with Crippen molar-refractivity contribution in [2.45, 2.75) is 13.8 Å². The van der Waals surface area contributed by atoms with E-state index >= 15 is 0 Å². The molecule has 6 nitrogen and oxygen atoms in total. The van der Waals surface area contributed by atoms with E-state index < -0.39 is 0 Å². The molecule has 0 aliphatic rings. The fraction of sp³-hybridized carbons (Fsp3) is 0.182. The number of methoxy groups -OCH3 is 2. The molecule has 0 saturated carbocycles. The standard InChI is InChI=1S/C22H21N3O3S/c1-13-5-6-14(2)25(13)22-24-17-9-7-15(11-20(17)29-22)21(26)23-18-12-16(27-3)8-10-19(18)28-4/h5-12H,1-4H3,(H,23,26). The molecule has 29 heavy (non-hydrogen) atoms. The lowest BCUT2D eigenvalue weighted by Crippen LogP contribution is -2.12. The number of hydrogen-bond donors (Lipinski definition) is 1. The van der Waals surface area contributed by atoms with Gasteiger partial charge in [0.05, 0.1) is 30.1 Å². The number of carbonyl (C=O) groups is 1. The van der Waals surface area contributed by atoms with Crippen LogP contribution < -0.4 is 14.8 Å². The lowest BCUT2D eigenvalue weighted by Gasteiger charge is -2.11. The van der Waals surface area contributed by atoms with Crippen LogP contribution in [0, 0.1) is 13.8 Å². The molecule has 2 aromatic carbocycles. The Morgan fingerprint density at radius 1 is 1.00 bits per heavy atom. The molecule has 1 N–H and O–H groups in total. The van der Waals surface area contributed by atoms with E-state index in [-0.39, 0.29) is 5.91 Å². The van der Waals surface area contributed by atoms with Gasteiger partial charge >= 0.3 is 0 Å². The van der Waals surface area contributed by atoms with Crippen LogP contribution >= 0.6 is 11.3 Å². The van der Waals surface area contributed by atoms with Crippen molar-refractivity contribution < 1.29 is 14.3 Å². The Hall–Kier alpha value is -3.32. The van der Waals surface area contributed by atoms with E-state index in [9.17, 15) is 4.79 Å². The number of benzene rings is 2. The number of nitrogens with zero attached hydrogens (tertiary/aromatic N) is 2. The molecular formula is C22H21N3O3S. The number of aryl methyl sites for hydroxylation is 2. The van der Waals surface area contributed by atoms with E-state index in [0.29, 0.717) is 22.7 Å². The van der Waals surface area contributed by atoms with Crippen molar-refractivity contribution in [1.29, 1.82) is 0 Å². The fourth-order valence-electron chi connectivity index (χ4n) is 3.23. The van der Waals surface area contributed by atoms with Crippen LogP contribution in [0.5, 0.6) is 11.5 Å². The van der Waals surface area contributed by atoms with Crippen molar-refractivity contribution in [1.82, 2.24) is 9.55 Å². The summed E-state index contributed by atoms with van der Waals surface area (Å²) in [6.07, 6.45) is 0. The summed E-state index contributed by atoms with van der Waals surface area (Å²) in [7, 11) is 3.14. The monoisotopic (exact) mass is 407 g/mol. The Balaban J connectivity index is 1.65. The molecule has 7 heteroatoms. The average molecular weight is 407 g/mol. The Morgan fingerprint density at radius 2 is 1.76 bits per heavy atom. The predicted octanol–water partition coefficient (Wildman–Crippen LogP) is 4.97. The van der Waals surface area contributed by atoms with Gasteiger partial charge in [-0.15, -0.1) is 0 Å². The van der Waals surface area contributed by atoms with Gasteiger partial charge in [-0.3, -0.25) is 9.36 Å². The van der Waals surface area contributed by atoms with E-state index in [2.05, 4.69) is 35.9 Å². The minimum Gasteiger partial charge on any atom is -0.497 e. The van der Waals surface area contributed by atoms with Gasteiger partial charge in [-0.05, 0) is 56.3 Å². The van der Waals surface area contributed by atoms with Gasteiger partial charge in [0, 0.05) is 23.0 Å². The summed E-state index contributed by atoms with van der Waals surface area (Å²) in [6.45, 7) is 4.11. The zero-order chi connectivity index (χ0) is 20.5. The molecule has 0 bridgehead atoms. The maximum absolute atomic E-state index is 12.8. The van der Waals surface area contributed by atoms with E-state index in [1.165, 1.54) is 0 Å². The van der Waals surface area contributed by atoms with Crippen LogP contribution in [0.3, 0.4) is 0 Å². The second-order valence-corrected chi connectivity index (χ2v) is 7.66. The second kappa shape index (κ2) is 7.60. The zero-order valence-corrected chi connectivity index (χ0v) is 17.5. The van der Waals surface area contributed by atoms with Gasteiger partial charge in [-0.25, -0.2) is 4.98 Å². The largest absolute Gasteiger partial charge is 0.497 e. The number of ether oxygens (including phenoxy) is 2. The lowest BCUT2D eigenvalue weighted by molar-refractivity contribution is 0.102. The molecule has 0 fully saturated rings. The van der Waals surface area contributed by atoms with Crippen LogP contribution in [0.25, 0.3) is 15.3 Å². The van der Waals surface area contributed by atoms with Gasteiger partial charge in [-0.1, -0.05) is 11.3 Å². The third-order valence-electron chi connectivity index (χ3n) is 4.76. The first kappa shape index (κ1) is 19.0. The lowest BCUT2D eigenvalue weighted by atomic mass is 10.2. The fourth-order valence-corrected chi connectivity index (χ4v) is 4.35. The number of nitrogens with one attached hydrogen (secondary N) is 1. The van der Waals surface area contributed by atoms with Crippen molar-refractivity contribution in [2.24, 2.45) is 0 Å². The van der Waals surface area contributed by atoms with Gasteiger partial charge in [0.1, 0.15) is 11.5 Å². The van der Waals surface area contributed by atoms with Gasteiger partial charge in [0.2, 0.25) is 0 Å². The highest BCUT2D eigenvalue weighted by Gasteiger charge is 2.14. The molecule has 2 aromatic heterocycles. The molecule has 2 heterocycles. The number of aromatic nitrogens is 2. The highest BCUT2D eigenvalue weighted by molar-refractivity contribution is 7.20. The minimum absolute atomic E-state index is 0.221. The van der Waals surface area contributed by atoms with Crippen LogP contribution in [-0.2, 0) is 0 Å². The highest BCUT2D eigenvalue weighted by atomic mass is 32.1. The molecule has 0 saturated heterocycles. The van der Waals surface area contributed by atoms with Crippen molar-refractivity contribution in [2.75, 3.05) is 19.5 Å². The predicted molar refractivity (Wildman–Crippen MR) is 116 cm³/mol. The van der Waals surface area contributed by atoms with Gasteiger partial charge in [0.25, 0.3) is 5.91 Å². The van der Waals surface area contributed by atoms with Crippen molar-refractivity contribution in [3.05, 3.63) is 65.5 Å². The molecule has 148 valence electrons. The normalized spacial score (nSPS) is 10.9. The third-order valence-corrected chi connectivity index (χ3v) is 5.76. The maximum atomic E-state index is 12.8. The van der Waals surface area contributed by atoms with Gasteiger partial charge in [0.15, 0.2) is 5.13 Å². The summed E-state index contributed by atoms with van der Waals surface area (Å²) < 4.78 is 13.7.